The summed E-state index contributed by atoms with van der Waals surface area (Å²) in [5, 5.41) is 13.7. The van der Waals surface area contributed by atoms with Crippen LogP contribution in [0.2, 0.25) is 0 Å². The van der Waals surface area contributed by atoms with Crippen LogP contribution in [0, 0.1) is 0 Å². The van der Waals surface area contributed by atoms with Crippen molar-refractivity contribution in [3.05, 3.63) is 84.9 Å². The molecule has 0 unspecified atom stereocenters. The second-order valence-electron chi connectivity index (χ2n) is 6.28. The number of nitrogens with zero attached hydrogens (tertiary/aromatic N) is 1. The van der Waals surface area contributed by atoms with Gasteiger partial charge in [0.05, 0.1) is 15.8 Å². The molecule has 5 aromatic rings. The molecular weight excluding hydrogens is 338 g/mol. The number of rotatable bonds is 2. The maximum Gasteiger partial charge on any atom is 0.128 e. The van der Waals surface area contributed by atoms with Gasteiger partial charge >= 0.3 is 0 Å². The van der Waals surface area contributed by atoms with Gasteiger partial charge in [-0.25, -0.2) is 4.98 Å². The lowest BCUT2D eigenvalue weighted by Gasteiger charge is -2.07. The van der Waals surface area contributed by atoms with Crippen molar-refractivity contribution >= 4 is 32.3 Å². The van der Waals surface area contributed by atoms with Crippen LogP contribution in [0.25, 0.3) is 42.7 Å². The summed E-state index contributed by atoms with van der Waals surface area (Å²) in [5.41, 5.74) is 3.94. The van der Waals surface area contributed by atoms with Crippen molar-refractivity contribution in [2.24, 2.45) is 0 Å². The molecule has 0 atom stereocenters. The molecule has 0 amide bonds. The number of aromatic nitrogens is 1. The number of benzene rings is 4. The molecule has 0 bridgehead atoms. The lowest BCUT2D eigenvalue weighted by molar-refractivity contribution is 0.477. The fourth-order valence-electron chi connectivity index (χ4n) is 3.24. The molecule has 26 heavy (non-hydrogen) atoms. The second kappa shape index (κ2) is 5.97. The standard InChI is InChI=1S/C23H15NOS/c25-21-12-11-18(17-10-9-15-5-1-2-6-16(15)13-17)14-19(21)23-24-20-7-3-4-8-22(20)26-23/h1-14,25H. The summed E-state index contributed by atoms with van der Waals surface area (Å²) in [7, 11) is 0. The number of thiazole rings is 1. The highest BCUT2D eigenvalue weighted by Crippen LogP contribution is 2.38. The molecule has 4 aromatic carbocycles. The third-order valence-corrected chi connectivity index (χ3v) is 5.67. The SMILES string of the molecule is Oc1ccc(-c2ccc3ccccc3c2)cc1-c1nc2ccccc2s1. The van der Waals surface area contributed by atoms with Crippen LogP contribution in [0.4, 0.5) is 0 Å². The van der Waals surface area contributed by atoms with Crippen LogP contribution in [0.3, 0.4) is 0 Å². The Bertz CT molecular complexity index is 1220. The maximum absolute atomic E-state index is 10.4. The molecule has 1 heterocycles. The summed E-state index contributed by atoms with van der Waals surface area (Å²) in [6.07, 6.45) is 0. The first-order valence-corrected chi connectivity index (χ1v) is 9.28. The Kier molecular flexibility index (Phi) is 3.47. The predicted octanol–water partition coefficient (Wildman–Crippen LogP) is 6.49. The number of aromatic hydroxyl groups is 1. The van der Waals surface area contributed by atoms with Crippen LogP contribution in [-0.4, -0.2) is 10.1 Å². The van der Waals surface area contributed by atoms with E-state index in [1.165, 1.54) is 10.8 Å². The van der Waals surface area contributed by atoms with E-state index in [-0.39, 0.29) is 5.75 Å². The van der Waals surface area contributed by atoms with Crippen LogP contribution in [-0.2, 0) is 0 Å². The third-order valence-electron chi connectivity index (χ3n) is 4.60. The first-order chi connectivity index (χ1) is 12.8. The Balaban J connectivity index is 1.65. The molecule has 0 aliphatic rings. The predicted molar refractivity (Wildman–Crippen MR) is 110 cm³/mol. The van der Waals surface area contributed by atoms with E-state index in [0.29, 0.717) is 0 Å². The van der Waals surface area contributed by atoms with E-state index in [2.05, 4.69) is 47.4 Å². The Labute approximate surface area is 155 Å². The third kappa shape index (κ3) is 2.54. The van der Waals surface area contributed by atoms with Crippen LogP contribution in [0.15, 0.2) is 84.9 Å². The molecule has 124 valence electrons. The highest BCUT2D eigenvalue weighted by atomic mass is 32.1. The van der Waals surface area contributed by atoms with Gasteiger partial charge in [0.2, 0.25) is 0 Å². The molecule has 0 fully saturated rings. The fourth-order valence-corrected chi connectivity index (χ4v) is 4.23. The number of hydrogen-bond donors (Lipinski definition) is 1. The Morgan fingerprint density at radius 1 is 0.692 bits per heavy atom. The Hall–Kier alpha value is -3.17. The molecule has 3 heteroatoms. The first-order valence-electron chi connectivity index (χ1n) is 8.46. The van der Waals surface area contributed by atoms with Crippen molar-refractivity contribution in [3.63, 3.8) is 0 Å². The lowest BCUT2D eigenvalue weighted by Crippen LogP contribution is -1.83. The van der Waals surface area contributed by atoms with Crippen molar-refractivity contribution < 1.29 is 5.11 Å². The van der Waals surface area contributed by atoms with E-state index >= 15 is 0 Å². The van der Waals surface area contributed by atoms with Gasteiger partial charge in [-0.15, -0.1) is 11.3 Å². The van der Waals surface area contributed by atoms with Gasteiger partial charge < -0.3 is 5.11 Å². The molecule has 0 radical (unpaired) electrons. The molecule has 0 aliphatic carbocycles. The Morgan fingerprint density at radius 2 is 1.42 bits per heavy atom. The van der Waals surface area contributed by atoms with E-state index in [1.54, 1.807) is 17.4 Å². The normalized spacial score (nSPS) is 11.2. The highest BCUT2D eigenvalue weighted by molar-refractivity contribution is 7.21. The van der Waals surface area contributed by atoms with Gasteiger partial charge in [-0.3, -0.25) is 0 Å². The number of fused-ring (bicyclic) bond motifs is 2. The van der Waals surface area contributed by atoms with E-state index < -0.39 is 0 Å². The van der Waals surface area contributed by atoms with Gasteiger partial charge in [-0.05, 0) is 52.2 Å². The Morgan fingerprint density at radius 3 is 2.31 bits per heavy atom. The van der Waals surface area contributed by atoms with Crippen molar-refractivity contribution in [2.75, 3.05) is 0 Å². The van der Waals surface area contributed by atoms with Crippen molar-refractivity contribution in [1.82, 2.24) is 4.98 Å². The van der Waals surface area contributed by atoms with Gasteiger partial charge in [0.1, 0.15) is 10.8 Å². The minimum Gasteiger partial charge on any atom is -0.507 e. The van der Waals surface area contributed by atoms with Crippen LogP contribution >= 0.6 is 11.3 Å². The smallest absolute Gasteiger partial charge is 0.128 e. The number of phenolic OH excluding ortho intramolecular Hbond substituents is 1. The van der Waals surface area contributed by atoms with Gasteiger partial charge in [0.25, 0.3) is 0 Å². The zero-order valence-corrected chi connectivity index (χ0v) is 14.7. The van der Waals surface area contributed by atoms with Crippen molar-refractivity contribution in [1.29, 1.82) is 0 Å². The molecule has 0 aliphatic heterocycles. The highest BCUT2D eigenvalue weighted by Gasteiger charge is 2.12. The number of phenols is 1. The van der Waals surface area contributed by atoms with Crippen LogP contribution in [0.5, 0.6) is 5.75 Å². The maximum atomic E-state index is 10.4. The van der Waals surface area contributed by atoms with Crippen molar-refractivity contribution in [2.45, 2.75) is 0 Å². The van der Waals surface area contributed by atoms with E-state index in [1.807, 2.05) is 36.4 Å². The van der Waals surface area contributed by atoms with Gasteiger partial charge in [0, 0.05) is 0 Å². The fraction of sp³-hybridized carbons (Fsp3) is 0. The van der Waals surface area contributed by atoms with E-state index in [9.17, 15) is 5.11 Å². The van der Waals surface area contributed by atoms with Gasteiger partial charge in [-0.2, -0.15) is 0 Å². The summed E-state index contributed by atoms with van der Waals surface area (Å²) >= 11 is 1.60. The van der Waals surface area contributed by atoms with Crippen molar-refractivity contribution in [3.8, 4) is 27.4 Å². The lowest BCUT2D eigenvalue weighted by atomic mass is 9.99. The molecular formula is C23H15NOS. The zero-order valence-electron chi connectivity index (χ0n) is 13.9. The molecule has 0 spiro atoms. The minimum absolute atomic E-state index is 0.258. The molecule has 0 saturated carbocycles. The summed E-state index contributed by atoms with van der Waals surface area (Å²) in [4.78, 5) is 4.69. The summed E-state index contributed by atoms with van der Waals surface area (Å²) in [5.74, 6) is 0.258. The van der Waals surface area contributed by atoms with Crippen LogP contribution in [0.1, 0.15) is 0 Å². The monoisotopic (exact) mass is 353 g/mol. The molecule has 2 nitrogen and oxygen atoms in total. The van der Waals surface area contributed by atoms with Crippen LogP contribution < -0.4 is 0 Å². The topological polar surface area (TPSA) is 33.1 Å². The summed E-state index contributed by atoms with van der Waals surface area (Å²) < 4.78 is 1.12. The molecule has 1 N–H and O–H groups in total. The summed E-state index contributed by atoms with van der Waals surface area (Å²) in [6, 6.07) is 28.6. The average molecular weight is 353 g/mol. The van der Waals surface area contributed by atoms with E-state index in [0.717, 1.165) is 31.9 Å². The first kappa shape index (κ1) is 15.1. The summed E-state index contributed by atoms with van der Waals surface area (Å²) in [6.45, 7) is 0. The number of hydrogen-bond acceptors (Lipinski definition) is 3. The average Bonchev–Trinajstić information content (AvgIpc) is 3.12. The quantitative estimate of drug-likeness (QED) is 0.393. The minimum atomic E-state index is 0.258. The van der Waals surface area contributed by atoms with Gasteiger partial charge in [-0.1, -0.05) is 54.6 Å². The zero-order chi connectivity index (χ0) is 17.5. The largest absolute Gasteiger partial charge is 0.507 e. The second-order valence-corrected chi connectivity index (χ2v) is 7.31. The molecule has 5 rings (SSSR count). The molecule has 1 aromatic heterocycles. The van der Waals surface area contributed by atoms with Gasteiger partial charge in [0.15, 0.2) is 0 Å². The number of para-hydroxylation sites is 1. The van der Waals surface area contributed by atoms with E-state index in [4.69, 9.17) is 0 Å². The molecule has 0 saturated heterocycles.